The molecule has 4 fully saturated rings. The third kappa shape index (κ3) is 6.06. The van der Waals surface area contributed by atoms with Crippen LogP contribution < -0.4 is 0 Å². The van der Waals surface area contributed by atoms with Gasteiger partial charge in [0.1, 0.15) is 0 Å². The molecule has 0 bridgehead atoms. The van der Waals surface area contributed by atoms with Crippen molar-refractivity contribution in [3.8, 4) is 0 Å². The van der Waals surface area contributed by atoms with Gasteiger partial charge in [-0.15, -0.1) is 0 Å². The van der Waals surface area contributed by atoms with Gasteiger partial charge in [-0.25, -0.2) is 8.42 Å². The molecule has 0 heterocycles. The fraction of sp³-hybridized carbons (Fsp3) is 1.00. The number of methoxy groups -OCH3 is 1. The van der Waals surface area contributed by atoms with E-state index < -0.39 is 9.84 Å². The van der Waals surface area contributed by atoms with Gasteiger partial charge in [0.15, 0.2) is 9.84 Å². The first-order valence-corrected chi connectivity index (χ1v) is 15.0. The molecule has 0 N–H and O–H groups in total. The molecular weight excluding hydrogens is 408 g/mol. The van der Waals surface area contributed by atoms with E-state index in [1.807, 2.05) is 7.11 Å². The standard InChI is InChI=1S/C26H46O4S/c1-19-3-15-25(16-4-19)31(27,28)26-17-13-24(14-18-26)30-23-11-7-21(8-12-23)20-5-9-22(29-2)10-6-20/h19-26H,3-18H2,1-2H3. The molecule has 0 amide bonds. The second kappa shape index (κ2) is 10.9. The van der Waals surface area contributed by atoms with Crippen LogP contribution in [0.5, 0.6) is 0 Å². The summed E-state index contributed by atoms with van der Waals surface area (Å²) >= 11 is 0. The normalized spacial score (nSPS) is 42.9. The summed E-state index contributed by atoms with van der Waals surface area (Å²) in [5.41, 5.74) is 0. The van der Waals surface area contributed by atoms with Crippen molar-refractivity contribution in [2.24, 2.45) is 17.8 Å². The first kappa shape index (κ1) is 24.0. The Hall–Kier alpha value is -0.130. The molecule has 0 saturated heterocycles. The molecule has 0 aromatic heterocycles. The van der Waals surface area contributed by atoms with E-state index in [0.717, 1.165) is 63.2 Å². The van der Waals surface area contributed by atoms with E-state index in [0.29, 0.717) is 18.1 Å². The largest absolute Gasteiger partial charge is 0.381 e. The van der Waals surface area contributed by atoms with Crippen LogP contribution >= 0.6 is 0 Å². The highest BCUT2D eigenvalue weighted by molar-refractivity contribution is 7.92. The molecule has 0 spiro atoms. The number of ether oxygens (including phenoxy) is 2. The fourth-order valence-corrected chi connectivity index (χ4v) is 9.49. The van der Waals surface area contributed by atoms with E-state index in [9.17, 15) is 8.42 Å². The Balaban J connectivity index is 1.16. The van der Waals surface area contributed by atoms with E-state index in [2.05, 4.69) is 6.92 Å². The van der Waals surface area contributed by atoms with Gasteiger partial charge >= 0.3 is 0 Å². The van der Waals surface area contributed by atoms with E-state index in [1.165, 1.54) is 51.4 Å². The summed E-state index contributed by atoms with van der Waals surface area (Å²) in [7, 11) is -1.10. The van der Waals surface area contributed by atoms with Gasteiger partial charge in [-0.05, 0) is 120 Å². The zero-order valence-corrected chi connectivity index (χ0v) is 20.8. The van der Waals surface area contributed by atoms with E-state index >= 15 is 0 Å². The maximum Gasteiger partial charge on any atom is 0.156 e. The van der Waals surface area contributed by atoms with Gasteiger partial charge in [-0.2, -0.15) is 0 Å². The van der Waals surface area contributed by atoms with E-state index in [1.54, 1.807) is 0 Å². The summed E-state index contributed by atoms with van der Waals surface area (Å²) < 4.78 is 38.3. The van der Waals surface area contributed by atoms with Crippen molar-refractivity contribution in [1.82, 2.24) is 0 Å². The molecule has 4 rings (SSSR count). The molecule has 4 nitrogen and oxygen atoms in total. The van der Waals surface area contributed by atoms with Crippen LogP contribution in [0.1, 0.15) is 110 Å². The fourth-order valence-electron chi connectivity index (χ4n) is 7.09. The minimum atomic E-state index is -2.96. The maximum atomic E-state index is 13.1. The lowest BCUT2D eigenvalue weighted by atomic mass is 9.72. The SMILES string of the molecule is COC1CCC(C2CCC(OC3CCC(S(=O)(=O)C4CCC(C)CC4)CC3)CC2)CC1. The lowest BCUT2D eigenvalue weighted by Gasteiger charge is -2.39. The minimum Gasteiger partial charge on any atom is -0.381 e. The first-order valence-electron chi connectivity index (χ1n) is 13.4. The number of sulfone groups is 1. The highest BCUT2D eigenvalue weighted by Crippen LogP contribution is 2.41. The van der Waals surface area contributed by atoms with E-state index in [4.69, 9.17) is 9.47 Å². The molecule has 0 aromatic carbocycles. The molecule has 0 atom stereocenters. The monoisotopic (exact) mass is 454 g/mol. The van der Waals surface area contributed by atoms with Crippen molar-refractivity contribution in [2.45, 2.75) is 138 Å². The predicted octanol–water partition coefficient (Wildman–Crippen LogP) is 6.07. The van der Waals surface area contributed by atoms with Crippen LogP contribution in [0.25, 0.3) is 0 Å². The highest BCUT2D eigenvalue weighted by atomic mass is 32.2. The lowest BCUT2D eigenvalue weighted by molar-refractivity contribution is -0.0567. The van der Waals surface area contributed by atoms with Gasteiger partial charge in [0.05, 0.1) is 28.8 Å². The van der Waals surface area contributed by atoms with Crippen molar-refractivity contribution < 1.29 is 17.9 Å². The molecule has 0 aromatic rings. The Labute approximate surface area is 191 Å². The van der Waals surface area contributed by atoms with Crippen LogP contribution in [0, 0.1) is 17.8 Å². The van der Waals surface area contributed by atoms with Gasteiger partial charge in [0.25, 0.3) is 0 Å². The number of hydrogen-bond acceptors (Lipinski definition) is 4. The van der Waals surface area contributed by atoms with Crippen molar-refractivity contribution in [2.75, 3.05) is 7.11 Å². The Kier molecular flexibility index (Phi) is 8.41. The Bertz CT molecular complexity index is 630. The van der Waals surface area contributed by atoms with E-state index in [-0.39, 0.29) is 16.6 Å². The maximum absolute atomic E-state index is 13.1. The van der Waals surface area contributed by atoms with Crippen molar-refractivity contribution in [3.63, 3.8) is 0 Å². The van der Waals surface area contributed by atoms with Gasteiger partial charge in [0, 0.05) is 7.11 Å². The zero-order valence-electron chi connectivity index (χ0n) is 20.0. The van der Waals surface area contributed by atoms with Gasteiger partial charge in [-0.3, -0.25) is 0 Å². The number of rotatable bonds is 6. The average molecular weight is 455 g/mol. The second-order valence-electron chi connectivity index (χ2n) is 11.3. The summed E-state index contributed by atoms with van der Waals surface area (Å²) in [6.07, 6.45) is 18.8. The Morgan fingerprint density at radius 2 is 0.935 bits per heavy atom. The Morgan fingerprint density at radius 3 is 1.39 bits per heavy atom. The highest BCUT2D eigenvalue weighted by Gasteiger charge is 2.39. The molecule has 0 aliphatic heterocycles. The summed E-state index contributed by atoms with van der Waals surface area (Å²) in [5.74, 6) is 2.48. The molecule has 4 aliphatic rings. The summed E-state index contributed by atoms with van der Waals surface area (Å²) in [5, 5.41) is -0.177. The van der Waals surface area contributed by atoms with Crippen LogP contribution in [-0.2, 0) is 19.3 Å². The quantitative estimate of drug-likeness (QED) is 0.489. The zero-order chi connectivity index (χ0) is 21.8. The van der Waals surface area contributed by atoms with Crippen LogP contribution in [0.4, 0.5) is 0 Å². The van der Waals surface area contributed by atoms with Gasteiger partial charge < -0.3 is 9.47 Å². The summed E-state index contributed by atoms with van der Waals surface area (Å²) in [6, 6.07) is 0. The van der Waals surface area contributed by atoms with Crippen LogP contribution in [0.2, 0.25) is 0 Å². The molecule has 31 heavy (non-hydrogen) atoms. The average Bonchev–Trinajstić information content (AvgIpc) is 2.80. The van der Waals surface area contributed by atoms with Crippen molar-refractivity contribution in [3.05, 3.63) is 0 Å². The molecule has 4 saturated carbocycles. The minimum absolute atomic E-state index is 0.0691. The molecule has 0 radical (unpaired) electrons. The molecule has 0 unspecified atom stereocenters. The molecular formula is C26H46O4S. The lowest BCUT2D eigenvalue weighted by Crippen LogP contribution is -2.39. The van der Waals surface area contributed by atoms with Gasteiger partial charge in [-0.1, -0.05) is 6.92 Å². The van der Waals surface area contributed by atoms with Crippen LogP contribution in [-0.4, -0.2) is 44.3 Å². The number of hydrogen-bond donors (Lipinski definition) is 0. The van der Waals surface area contributed by atoms with Crippen molar-refractivity contribution in [1.29, 1.82) is 0 Å². The first-order chi connectivity index (χ1) is 15.0. The van der Waals surface area contributed by atoms with Crippen LogP contribution in [0.15, 0.2) is 0 Å². The third-order valence-corrected chi connectivity index (χ3v) is 12.1. The summed E-state index contributed by atoms with van der Waals surface area (Å²) in [4.78, 5) is 0. The molecule has 180 valence electrons. The van der Waals surface area contributed by atoms with Crippen molar-refractivity contribution >= 4 is 9.84 Å². The Morgan fingerprint density at radius 1 is 0.548 bits per heavy atom. The second-order valence-corrected chi connectivity index (χ2v) is 13.8. The molecule has 4 aliphatic carbocycles. The third-order valence-electron chi connectivity index (χ3n) is 9.34. The topological polar surface area (TPSA) is 52.6 Å². The van der Waals surface area contributed by atoms with Crippen LogP contribution in [0.3, 0.4) is 0 Å². The smallest absolute Gasteiger partial charge is 0.156 e. The van der Waals surface area contributed by atoms with Gasteiger partial charge in [0.2, 0.25) is 0 Å². The summed E-state index contributed by atoms with van der Waals surface area (Å²) in [6.45, 7) is 2.25. The molecule has 5 heteroatoms. The predicted molar refractivity (Wildman–Crippen MR) is 126 cm³/mol.